The smallest absolute Gasteiger partial charge is 0.385 e. The fraction of sp³-hybridized carbons (Fsp3) is 0.188. The van der Waals surface area contributed by atoms with E-state index in [0.717, 1.165) is 11.1 Å². The molecule has 0 radical (unpaired) electrons. The maximum absolute atomic E-state index is 12.0. The Labute approximate surface area is 135 Å². The summed E-state index contributed by atoms with van der Waals surface area (Å²) < 4.78 is 39.8. The zero-order valence-corrected chi connectivity index (χ0v) is 12.3. The second-order valence-corrected chi connectivity index (χ2v) is 4.96. The Morgan fingerprint density at radius 2 is 1.79 bits per heavy atom. The molecule has 126 valence electrons. The quantitative estimate of drug-likeness (QED) is 0.683. The van der Waals surface area contributed by atoms with Crippen molar-refractivity contribution in [1.29, 1.82) is 0 Å². The van der Waals surface area contributed by atoms with Gasteiger partial charge in [0, 0.05) is 12.4 Å². The van der Waals surface area contributed by atoms with Crippen molar-refractivity contribution in [2.24, 2.45) is 5.73 Å². The van der Waals surface area contributed by atoms with Crippen molar-refractivity contribution in [3.05, 3.63) is 54.4 Å². The van der Waals surface area contributed by atoms with Gasteiger partial charge in [0.25, 0.3) is 0 Å². The first-order chi connectivity index (χ1) is 11.3. The van der Waals surface area contributed by atoms with E-state index >= 15 is 0 Å². The van der Waals surface area contributed by atoms with E-state index in [-0.39, 0.29) is 6.42 Å². The third kappa shape index (κ3) is 4.63. The highest BCUT2D eigenvalue weighted by Gasteiger charge is 2.43. The van der Waals surface area contributed by atoms with E-state index in [1.807, 2.05) is 6.07 Å². The van der Waals surface area contributed by atoms with Crippen molar-refractivity contribution in [2.45, 2.75) is 18.6 Å². The summed E-state index contributed by atoms with van der Waals surface area (Å²) in [6, 6.07) is 9.18. The van der Waals surface area contributed by atoms with Gasteiger partial charge in [-0.2, -0.15) is 13.2 Å². The van der Waals surface area contributed by atoms with Gasteiger partial charge in [-0.25, -0.2) is 9.59 Å². The number of hydrogen-bond donors (Lipinski definition) is 1. The molecular formula is C16H13F3N2O3. The van der Waals surface area contributed by atoms with E-state index in [1.54, 1.807) is 42.7 Å². The van der Waals surface area contributed by atoms with Crippen LogP contribution in [0.5, 0.6) is 0 Å². The van der Waals surface area contributed by atoms with Gasteiger partial charge in [0.2, 0.25) is 0 Å². The van der Waals surface area contributed by atoms with Crippen LogP contribution in [-0.4, -0.2) is 29.1 Å². The molecular weight excluding hydrogens is 325 g/mol. The molecule has 0 amide bonds. The summed E-state index contributed by atoms with van der Waals surface area (Å²) in [4.78, 5) is 26.0. The van der Waals surface area contributed by atoms with Crippen LogP contribution in [0.3, 0.4) is 0 Å². The second-order valence-electron chi connectivity index (χ2n) is 4.96. The van der Waals surface area contributed by atoms with Crippen LogP contribution in [0.4, 0.5) is 13.2 Å². The fourth-order valence-corrected chi connectivity index (χ4v) is 1.93. The van der Waals surface area contributed by atoms with Gasteiger partial charge < -0.3 is 10.5 Å². The van der Waals surface area contributed by atoms with Gasteiger partial charge in [0.05, 0.1) is 0 Å². The number of aromatic nitrogens is 1. The highest BCUT2D eigenvalue weighted by atomic mass is 19.4. The van der Waals surface area contributed by atoms with E-state index in [2.05, 4.69) is 9.72 Å². The molecule has 0 saturated carbocycles. The third-order valence-electron chi connectivity index (χ3n) is 3.13. The van der Waals surface area contributed by atoms with Crippen LogP contribution in [0.2, 0.25) is 0 Å². The number of esters is 2. The SMILES string of the molecule is N[C@@H](Cc1ccc(-c2cccnc2)cc1)C(=O)OC(=O)C(F)(F)F. The Kier molecular flexibility index (Phi) is 5.30. The molecule has 0 aliphatic heterocycles. The lowest BCUT2D eigenvalue weighted by Crippen LogP contribution is -2.38. The topological polar surface area (TPSA) is 82.3 Å². The second kappa shape index (κ2) is 7.22. The molecule has 0 saturated heterocycles. The number of nitrogens with two attached hydrogens (primary N) is 1. The zero-order chi connectivity index (χ0) is 17.7. The van der Waals surface area contributed by atoms with Crippen molar-refractivity contribution in [3.63, 3.8) is 0 Å². The number of carbonyl (C=O) groups excluding carboxylic acids is 2. The summed E-state index contributed by atoms with van der Waals surface area (Å²) in [5.41, 5.74) is 7.88. The number of benzene rings is 1. The van der Waals surface area contributed by atoms with Gasteiger partial charge in [0.15, 0.2) is 0 Å². The first-order valence-electron chi connectivity index (χ1n) is 6.85. The van der Waals surface area contributed by atoms with Crippen molar-refractivity contribution >= 4 is 11.9 Å². The van der Waals surface area contributed by atoms with E-state index < -0.39 is 24.2 Å². The molecule has 1 aromatic carbocycles. The molecule has 0 unspecified atom stereocenters. The summed E-state index contributed by atoms with van der Waals surface area (Å²) in [6.45, 7) is 0. The van der Waals surface area contributed by atoms with E-state index in [4.69, 9.17) is 5.73 Å². The van der Waals surface area contributed by atoms with Crippen molar-refractivity contribution < 1.29 is 27.5 Å². The molecule has 1 aromatic heterocycles. The molecule has 2 N–H and O–H groups in total. The number of rotatable bonds is 4. The summed E-state index contributed by atoms with van der Waals surface area (Å²) in [5, 5.41) is 0. The summed E-state index contributed by atoms with van der Waals surface area (Å²) in [7, 11) is 0. The molecule has 8 heteroatoms. The van der Waals surface area contributed by atoms with Crippen LogP contribution < -0.4 is 5.73 Å². The molecule has 1 atom stereocenters. The summed E-state index contributed by atoms with van der Waals surface area (Å²) >= 11 is 0. The summed E-state index contributed by atoms with van der Waals surface area (Å²) in [6.07, 6.45) is -1.97. The Morgan fingerprint density at radius 3 is 2.33 bits per heavy atom. The van der Waals surface area contributed by atoms with Crippen LogP contribution in [0.15, 0.2) is 48.8 Å². The van der Waals surface area contributed by atoms with Crippen LogP contribution in [0.25, 0.3) is 11.1 Å². The normalized spacial score (nSPS) is 12.5. The minimum absolute atomic E-state index is 0.0582. The Hall–Kier alpha value is -2.74. The largest absolute Gasteiger partial charge is 0.491 e. The standard InChI is InChI=1S/C16H13F3N2O3/c17-16(18,19)15(23)24-14(22)13(20)8-10-3-5-11(6-4-10)12-2-1-7-21-9-12/h1-7,9,13H,8,20H2/t13-/m0/s1. The highest BCUT2D eigenvalue weighted by Crippen LogP contribution is 2.19. The fourth-order valence-electron chi connectivity index (χ4n) is 1.93. The highest BCUT2D eigenvalue weighted by molar-refractivity contribution is 5.90. The average molecular weight is 338 g/mol. The molecule has 5 nitrogen and oxygen atoms in total. The maximum Gasteiger partial charge on any atom is 0.491 e. The number of carbonyl (C=O) groups is 2. The molecule has 2 aromatic rings. The van der Waals surface area contributed by atoms with E-state index in [0.29, 0.717) is 5.56 Å². The minimum Gasteiger partial charge on any atom is -0.385 e. The number of halogens is 3. The number of pyridine rings is 1. The lowest BCUT2D eigenvalue weighted by Gasteiger charge is -2.12. The lowest BCUT2D eigenvalue weighted by molar-refractivity contribution is -0.202. The molecule has 0 bridgehead atoms. The minimum atomic E-state index is -5.24. The molecule has 2 rings (SSSR count). The Morgan fingerprint density at radius 1 is 1.12 bits per heavy atom. The number of hydrogen-bond acceptors (Lipinski definition) is 5. The van der Waals surface area contributed by atoms with Crippen LogP contribution in [-0.2, 0) is 20.7 Å². The van der Waals surface area contributed by atoms with Gasteiger partial charge in [0.1, 0.15) is 6.04 Å². The van der Waals surface area contributed by atoms with Crippen LogP contribution in [0, 0.1) is 0 Å². The first kappa shape index (κ1) is 17.6. The van der Waals surface area contributed by atoms with E-state index in [9.17, 15) is 22.8 Å². The molecule has 0 spiro atoms. The third-order valence-corrected chi connectivity index (χ3v) is 3.13. The number of alkyl halides is 3. The zero-order valence-electron chi connectivity index (χ0n) is 12.3. The monoisotopic (exact) mass is 338 g/mol. The molecule has 0 fully saturated rings. The number of nitrogens with zero attached hydrogens (tertiary/aromatic N) is 1. The summed E-state index contributed by atoms with van der Waals surface area (Å²) in [5.74, 6) is -4.00. The van der Waals surface area contributed by atoms with Crippen LogP contribution >= 0.6 is 0 Å². The van der Waals surface area contributed by atoms with E-state index in [1.165, 1.54) is 0 Å². The Balaban J connectivity index is 1.98. The van der Waals surface area contributed by atoms with Gasteiger partial charge in [-0.15, -0.1) is 0 Å². The van der Waals surface area contributed by atoms with Crippen molar-refractivity contribution in [2.75, 3.05) is 0 Å². The van der Waals surface area contributed by atoms with Gasteiger partial charge in [-0.05, 0) is 29.2 Å². The van der Waals surface area contributed by atoms with Crippen molar-refractivity contribution in [3.8, 4) is 11.1 Å². The van der Waals surface area contributed by atoms with Gasteiger partial charge >= 0.3 is 18.1 Å². The average Bonchev–Trinajstić information content (AvgIpc) is 2.55. The van der Waals surface area contributed by atoms with Crippen molar-refractivity contribution in [1.82, 2.24) is 4.98 Å². The van der Waals surface area contributed by atoms with Gasteiger partial charge in [-0.3, -0.25) is 4.98 Å². The molecule has 0 aliphatic carbocycles. The predicted octanol–water partition coefficient (Wildman–Crippen LogP) is 2.25. The number of ether oxygens (including phenoxy) is 1. The maximum atomic E-state index is 12.0. The molecule has 1 heterocycles. The predicted molar refractivity (Wildman–Crippen MR) is 78.5 cm³/mol. The first-order valence-corrected chi connectivity index (χ1v) is 6.85. The van der Waals surface area contributed by atoms with Gasteiger partial charge in [-0.1, -0.05) is 30.3 Å². The van der Waals surface area contributed by atoms with Crippen LogP contribution in [0.1, 0.15) is 5.56 Å². The lowest BCUT2D eigenvalue weighted by atomic mass is 10.0. The Bertz CT molecular complexity index is 716. The molecule has 0 aliphatic rings. The molecule has 24 heavy (non-hydrogen) atoms.